The maximum Gasteiger partial charge on any atom is 0.328 e. The normalized spacial score (nSPS) is 13.2. The second-order valence-electron chi connectivity index (χ2n) is 8.82. The van der Waals surface area contributed by atoms with Gasteiger partial charge in [-0.25, -0.2) is 4.79 Å². The van der Waals surface area contributed by atoms with E-state index in [0.29, 0.717) is 38.8 Å². The van der Waals surface area contributed by atoms with Crippen molar-refractivity contribution in [3.8, 4) is 0 Å². The molecule has 0 rings (SSSR count). The maximum atomic E-state index is 12.9. The van der Waals surface area contributed by atoms with Crippen molar-refractivity contribution in [3.63, 3.8) is 0 Å². The van der Waals surface area contributed by atoms with E-state index in [1.807, 2.05) is 13.8 Å². The monoisotopic (exact) mass is 523 g/mol. The Balaban J connectivity index is 0. The molecule has 0 aliphatic carbocycles. The predicted octanol–water partition coefficient (Wildman–Crippen LogP) is 0.112. The van der Waals surface area contributed by atoms with E-state index in [1.54, 1.807) is 0 Å². The minimum Gasteiger partial charge on any atom is -0.467 e. The lowest BCUT2D eigenvalue weighted by molar-refractivity contribution is -0.146. The number of carbonyl (C=O) groups is 4. The second kappa shape index (κ2) is 21.3. The van der Waals surface area contributed by atoms with Crippen molar-refractivity contribution < 1.29 is 29.0 Å². The van der Waals surface area contributed by atoms with Crippen LogP contribution in [0.4, 0.5) is 0 Å². The van der Waals surface area contributed by atoms with Gasteiger partial charge in [0.2, 0.25) is 17.7 Å². The summed E-state index contributed by atoms with van der Waals surface area (Å²) >= 11 is 0. The number of amides is 3. The highest BCUT2D eigenvalue weighted by Crippen LogP contribution is 2.09. The van der Waals surface area contributed by atoms with E-state index in [0.717, 1.165) is 19.3 Å². The Morgan fingerprint density at radius 3 is 1.89 bits per heavy atom. The summed E-state index contributed by atoms with van der Waals surface area (Å²) in [5.74, 6) is -2.01. The van der Waals surface area contributed by atoms with Crippen molar-refractivity contribution in [1.82, 2.24) is 16.0 Å². The molecule has 0 unspecified atom stereocenters. The number of rotatable bonds is 19. The van der Waals surface area contributed by atoms with Gasteiger partial charge in [0.25, 0.3) is 0 Å². The van der Waals surface area contributed by atoms with Crippen molar-refractivity contribution in [2.75, 3.05) is 26.8 Å². The molecule has 11 nitrogen and oxygen atoms in total. The van der Waals surface area contributed by atoms with Crippen molar-refractivity contribution in [2.45, 2.75) is 89.8 Å². The molecular weight excluding hydrogens is 478 g/mol. The molecule has 0 heterocycles. The fraction of sp³-hybridized carbons (Fsp3) is 0.826. The van der Waals surface area contributed by atoms with Gasteiger partial charge in [-0.05, 0) is 57.5 Å². The molecule has 206 valence electrons. The van der Waals surface area contributed by atoms with Gasteiger partial charge in [0.1, 0.15) is 18.1 Å². The van der Waals surface area contributed by atoms with E-state index in [-0.39, 0.29) is 37.1 Å². The van der Waals surface area contributed by atoms with Crippen LogP contribution < -0.4 is 27.4 Å². The molecule has 0 aliphatic heterocycles. The molecule has 0 aromatic heterocycles. The molecule has 0 aliphatic rings. The van der Waals surface area contributed by atoms with E-state index >= 15 is 0 Å². The van der Waals surface area contributed by atoms with Gasteiger partial charge in [-0.3, -0.25) is 14.4 Å². The fourth-order valence-electron chi connectivity index (χ4n) is 3.38. The fourth-order valence-corrected chi connectivity index (χ4v) is 3.38. The number of aliphatic hydroxyl groups excluding tert-OH is 1. The minimum absolute atomic E-state index is 0. The van der Waals surface area contributed by atoms with Crippen LogP contribution in [0.5, 0.6) is 0 Å². The van der Waals surface area contributed by atoms with Gasteiger partial charge in [-0.1, -0.05) is 26.7 Å². The number of unbranched alkanes of at least 4 members (excludes halogenated alkanes) is 4. The van der Waals surface area contributed by atoms with Gasteiger partial charge in [0.05, 0.1) is 13.7 Å². The molecule has 0 aromatic carbocycles. The van der Waals surface area contributed by atoms with Crippen LogP contribution in [0.15, 0.2) is 0 Å². The number of aliphatic hydroxyl groups is 1. The molecule has 0 saturated carbocycles. The van der Waals surface area contributed by atoms with Crippen LogP contribution in [0.1, 0.15) is 71.6 Å². The Hall–Kier alpha value is -1.95. The van der Waals surface area contributed by atoms with Crippen LogP contribution in [0.25, 0.3) is 0 Å². The van der Waals surface area contributed by atoms with Gasteiger partial charge >= 0.3 is 5.97 Å². The molecule has 12 heteroatoms. The summed E-state index contributed by atoms with van der Waals surface area (Å²) in [6.07, 6.45) is 5.44. The molecule has 3 atom stereocenters. The third-order valence-corrected chi connectivity index (χ3v) is 5.28. The minimum atomic E-state index is -1.19. The first-order chi connectivity index (χ1) is 16.2. The lowest BCUT2D eigenvalue weighted by Crippen LogP contribution is -2.56. The lowest BCUT2D eigenvalue weighted by Gasteiger charge is -2.25. The Kier molecular flexibility index (Phi) is 21.5. The van der Waals surface area contributed by atoms with Crippen LogP contribution >= 0.6 is 12.4 Å². The molecule has 0 bridgehead atoms. The summed E-state index contributed by atoms with van der Waals surface area (Å²) in [4.78, 5) is 49.9. The van der Waals surface area contributed by atoms with Crippen LogP contribution in [0.3, 0.4) is 0 Å². The number of nitrogens with one attached hydrogen (secondary N) is 3. The van der Waals surface area contributed by atoms with Crippen LogP contribution in [-0.4, -0.2) is 73.7 Å². The summed E-state index contributed by atoms with van der Waals surface area (Å²) in [5, 5.41) is 17.4. The van der Waals surface area contributed by atoms with E-state index in [9.17, 15) is 24.3 Å². The largest absolute Gasteiger partial charge is 0.467 e. The van der Waals surface area contributed by atoms with Crippen molar-refractivity contribution >= 4 is 36.1 Å². The lowest BCUT2D eigenvalue weighted by atomic mass is 10.0. The molecule has 0 fully saturated rings. The molecule has 0 aromatic rings. The zero-order valence-electron chi connectivity index (χ0n) is 21.3. The van der Waals surface area contributed by atoms with Gasteiger partial charge in [0, 0.05) is 6.42 Å². The third kappa shape index (κ3) is 16.4. The summed E-state index contributed by atoms with van der Waals surface area (Å²) < 4.78 is 4.78. The van der Waals surface area contributed by atoms with Gasteiger partial charge in [-0.2, -0.15) is 0 Å². The molecular formula is C23H46ClN5O6. The first-order valence-corrected chi connectivity index (χ1v) is 12.2. The SMILES string of the molecule is COC(=O)[C@H](CC(C)C)NC(=O)[C@H](CCCCN)NC(=O)[C@H](CO)NC(=O)CCCCCCN.Cl. The van der Waals surface area contributed by atoms with Gasteiger partial charge in [-0.15, -0.1) is 12.4 Å². The summed E-state index contributed by atoms with van der Waals surface area (Å²) in [5.41, 5.74) is 11.0. The van der Waals surface area contributed by atoms with E-state index < -0.39 is 42.5 Å². The highest BCUT2D eigenvalue weighted by molar-refractivity contribution is 5.93. The Labute approximate surface area is 215 Å². The summed E-state index contributed by atoms with van der Waals surface area (Å²) in [6.45, 7) is 4.25. The number of halogens is 1. The number of hydrogen-bond donors (Lipinski definition) is 6. The number of nitrogens with two attached hydrogens (primary N) is 2. The second-order valence-corrected chi connectivity index (χ2v) is 8.82. The number of hydrogen-bond acceptors (Lipinski definition) is 8. The van der Waals surface area contributed by atoms with Crippen molar-refractivity contribution in [2.24, 2.45) is 17.4 Å². The van der Waals surface area contributed by atoms with E-state index in [4.69, 9.17) is 16.2 Å². The zero-order chi connectivity index (χ0) is 25.9. The highest BCUT2D eigenvalue weighted by Gasteiger charge is 2.29. The number of carbonyl (C=O) groups excluding carboxylic acids is 4. The quantitative estimate of drug-likeness (QED) is 0.102. The third-order valence-electron chi connectivity index (χ3n) is 5.28. The maximum absolute atomic E-state index is 12.9. The average Bonchev–Trinajstić information content (AvgIpc) is 2.80. The van der Waals surface area contributed by atoms with E-state index in [2.05, 4.69) is 16.0 Å². The standard InChI is InChI=1S/C23H45N5O6.ClH/c1-16(2)14-18(23(33)34-3)28-21(31)17(10-7-9-13-25)27-22(32)19(15-29)26-20(30)11-6-4-5-8-12-24;/h16-19,29H,4-15,24-25H2,1-3H3,(H,26,30)(H,27,32)(H,28,31);1H/t17-,18-,19-;/m0./s1. The Bertz CT molecular complexity index is 623. The van der Waals surface area contributed by atoms with Gasteiger partial charge in [0.15, 0.2) is 0 Å². The molecule has 0 spiro atoms. The van der Waals surface area contributed by atoms with Crippen LogP contribution in [-0.2, 0) is 23.9 Å². The summed E-state index contributed by atoms with van der Waals surface area (Å²) in [7, 11) is 1.25. The molecule has 35 heavy (non-hydrogen) atoms. The first kappa shape index (κ1) is 35.2. The molecule has 8 N–H and O–H groups in total. The van der Waals surface area contributed by atoms with Crippen molar-refractivity contribution in [1.29, 1.82) is 0 Å². The van der Waals surface area contributed by atoms with E-state index in [1.165, 1.54) is 7.11 Å². The number of esters is 1. The Morgan fingerprint density at radius 1 is 0.800 bits per heavy atom. The van der Waals surface area contributed by atoms with Crippen molar-refractivity contribution in [3.05, 3.63) is 0 Å². The van der Waals surface area contributed by atoms with Crippen LogP contribution in [0.2, 0.25) is 0 Å². The summed E-state index contributed by atoms with van der Waals surface area (Å²) in [6, 6.07) is -2.99. The molecule has 0 saturated heterocycles. The average molecular weight is 524 g/mol. The smallest absolute Gasteiger partial charge is 0.328 e. The highest BCUT2D eigenvalue weighted by atomic mass is 35.5. The zero-order valence-corrected chi connectivity index (χ0v) is 22.2. The van der Waals surface area contributed by atoms with Crippen LogP contribution in [0, 0.1) is 5.92 Å². The Morgan fingerprint density at radius 2 is 1.34 bits per heavy atom. The first-order valence-electron chi connectivity index (χ1n) is 12.2. The molecule has 3 amide bonds. The number of ether oxygens (including phenoxy) is 1. The van der Waals surface area contributed by atoms with Gasteiger partial charge < -0.3 is 37.3 Å². The number of methoxy groups -OCH3 is 1. The molecule has 0 radical (unpaired) electrons. The topological polar surface area (TPSA) is 186 Å². The predicted molar refractivity (Wildman–Crippen MR) is 137 cm³/mol.